The van der Waals surface area contributed by atoms with Crippen molar-refractivity contribution in [1.82, 2.24) is 10.2 Å². The number of aryl methyl sites for hydroxylation is 1. The van der Waals surface area contributed by atoms with Gasteiger partial charge in [0, 0.05) is 17.8 Å². The van der Waals surface area contributed by atoms with Gasteiger partial charge in [-0.2, -0.15) is 0 Å². The Hall–Kier alpha value is -3.36. The van der Waals surface area contributed by atoms with E-state index in [9.17, 15) is 13.2 Å². The van der Waals surface area contributed by atoms with Gasteiger partial charge in [-0.15, -0.1) is 0 Å². The van der Waals surface area contributed by atoms with Gasteiger partial charge >= 0.3 is 0 Å². The Bertz CT molecular complexity index is 1210. The van der Waals surface area contributed by atoms with Crippen LogP contribution < -0.4 is 14.8 Å². The predicted molar refractivity (Wildman–Crippen MR) is 135 cm³/mol. The summed E-state index contributed by atoms with van der Waals surface area (Å²) < 4.78 is 34.2. The summed E-state index contributed by atoms with van der Waals surface area (Å²) in [4.78, 5) is 15.0. The van der Waals surface area contributed by atoms with E-state index in [2.05, 4.69) is 10.0 Å². The van der Waals surface area contributed by atoms with Crippen molar-refractivity contribution >= 4 is 21.6 Å². The van der Waals surface area contributed by atoms with Gasteiger partial charge in [0.15, 0.2) is 0 Å². The average Bonchev–Trinajstić information content (AvgIpc) is 2.83. The van der Waals surface area contributed by atoms with Crippen LogP contribution in [0.2, 0.25) is 0 Å². The number of hydrogen-bond acceptors (Lipinski definition) is 5. The molecular weight excluding hydrogens is 450 g/mol. The van der Waals surface area contributed by atoms with E-state index in [1.54, 1.807) is 18.2 Å². The number of benzene rings is 3. The molecule has 3 aromatic carbocycles. The van der Waals surface area contributed by atoms with Gasteiger partial charge < -0.3 is 15.0 Å². The van der Waals surface area contributed by atoms with Gasteiger partial charge in [-0.25, -0.2) is 8.42 Å². The molecule has 8 heteroatoms. The van der Waals surface area contributed by atoms with Crippen molar-refractivity contribution in [3.8, 4) is 5.75 Å². The maximum atomic E-state index is 13.2. The molecule has 0 aliphatic heterocycles. The normalized spacial score (nSPS) is 12.3. The molecule has 0 radical (unpaired) electrons. The number of nitrogens with zero attached hydrogens (tertiary/aromatic N) is 1. The number of carbonyl (C=O) groups excluding carboxylic acids is 1. The van der Waals surface area contributed by atoms with Gasteiger partial charge in [0.1, 0.15) is 10.6 Å². The van der Waals surface area contributed by atoms with Gasteiger partial charge in [-0.3, -0.25) is 9.52 Å². The van der Waals surface area contributed by atoms with Crippen LogP contribution in [0.3, 0.4) is 0 Å². The van der Waals surface area contributed by atoms with Crippen LogP contribution in [0.25, 0.3) is 0 Å². The molecule has 0 fully saturated rings. The SMILES string of the molecule is CCc1ccc(NS(=O)(=O)c2cc(C(=O)NC(CN(C)C)c3ccccc3)ccc2OC)cc1. The lowest BCUT2D eigenvalue weighted by Gasteiger charge is -2.23. The Labute approximate surface area is 201 Å². The van der Waals surface area contributed by atoms with Gasteiger partial charge in [0.05, 0.1) is 13.2 Å². The van der Waals surface area contributed by atoms with Crippen LogP contribution in [0.1, 0.15) is 34.5 Å². The summed E-state index contributed by atoms with van der Waals surface area (Å²) in [5.41, 5.74) is 2.72. The number of hydrogen-bond donors (Lipinski definition) is 2. The molecular formula is C26H31N3O4S. The highest BCUT2D eigenvalue weighted by molar-refractivity contribution is 7.92. The second-order valence-corrected chi connectivity index (χ2v) is 9.87. The molecule has 0 aromatic heterocycles. The minimum atomic E-state index is -3.99. The minimum Gasteiger partial charge on any atom is -0.495 e. The Kier molecular flexibility index (Phi) is 8.31. The average molecular weight is 482 g/mol. The second-order valence-electron chi connectivity index (χ2n) is 8.22. The highest BCUT2D eigenvalue weighted by atomic mass is 32.2. The molecule has 1 atom stereocenters. The number of amides is 1. The fourth-order valence-electron chi connectivity index (χ4n) is 3.57. The summed E-state index contributed by atoms with van der Waals surface area (Å²) in [5.74, 6) is -0.218. The quantitative estimate of drug-likeness (QED) is 0.455. The van der Waals surface area contributed by atoms with Gasteiger partial charge in [0.2, 0.25) is 0 Å². The third kappa shape index (κ3) is 6.36. The zero-order valence-electron chi connectivity index (χ0n) is 19.9. The first-order chi connectivity index (χ1) is 16.2. The first-order valence-corrected chi connectivity index (χ1v) is 12.5. The number of ether oxygens (including phenoxy) is 1. The first kappa shape index (κ1) is 25.3. The number of carbonyl (C=O) groups is 1. The van der Waals surface area contributed by atoms with Crippen molar-refractivity contribution in [2.24, 2.45) is 0 Å². The fraction of sp³-hybridized carbons (Fsp3) is 0.269. The largest absolute Gasteiger partial charge is 0.495 e. The molecule has 180 valence electrons. The van der Waals surface area contributed by atoms with E-state index in [0.29, 0.717) is 12.2 Å². The topological polar surface area (TPSA) is 87.7 Å². The molecule has 0 aliphatic carbocycles. The van der Waals surface area contributed by atoms with Crippen molar-refractivity contribution in [2.75, 3.05) is 32.5 Å². The number of rotatable bonds is 10. The summed E-state index contributed by atoms with van der Waals surface area (Å²) in [6.07, 6.45) is 0.857. The van der Waals surface area contributed by atoms with Gasteiger partial charge in [0.25, 0.3) is 15.9 Å². The number of methoxy groups -OCH3 is 1. The Morgan fingerprint density at radius 2 is 1.68 bits per heavy atom. The van der Waals surface area contributed by atoms with Crippen LogP contribution in [0, 0.1) is 0 Å². The predicted octanol–water partition coefficient (Wildman–Crippen LogP) is 4.09. The van der Waals surface area contributed by atoms with E-state index in [1.807, 2.05) is 68.4 Å². The summed E-state index contributed by atoms with van der Waals surface area (Å²) in [7, 11) is 1.26. The van der Waals surface area contributed by atoms with Crippen molar-refractivity contribution in [3.63, 3.8) is 0 Å². The summed E-state index contributed by atoms with van der Waals surface area (Å²) in [5, 5.41) is 3.02. The van der Waals surface area contributed by atoms with Crippen molar-refractivity contribution in [2.45, 2.75) is 24.3 Å². The maximum Gasteiger partial charge on any atom is 0.265 e. The molecule has 0 heterocycles. The van der Waals surface area contributed by atoms with E-state index >= 15 is 0 Å². The molecule has 0 saturated heterocycles. The van der Waals surface area contributed by atoms with Crippen LogP contribution in [0.15, 0.2) is 77.7 Å². The Morgan fingerprint density at radius 1 is 1.00 bits per heavy atom. The third-order valence-electron chi connectivity index (χ3n) is 5.38. The molecule has 1 amide bonds. The van der Waals surface area contributed by atoms with Crippen molar-refractivity contribution < 1.29 is 17.9 Å². The fourth-order valence-corrected chi connectivity index (χ4v) is 4.83. The lowest BCUT2D eigenvalue weighted by molar-refractivity contribution is 0.0929. The molecule has 2 N–H and O–H groups in total. The first-order valence-electron chi connectivity index (χ1n) is 11.0. The molecule has 7 nitrogen and oxygen atoms in total. The van der Waals surface area contributed by atoms with Crippen LogP contribution in [-0.2, 0) is 16.4 Å². The monoisotopic (exact) mass is 481 g/mol. The summed E-state index contributed by atoms with van der Waals surface area (Å²) in [6.45, 7) is 2.62. The van der Waals surface area contributed by atoms with Crippen LogP contribution in [0.5, 0.6) is 5.75 Å². The minimum absolute atomic E-state index is 0.105. The summed E-state index contributed by atoms with van der Waals surface area (Å²) in [6, 6.07) is 20.9. The molecule has 3 aromatic rings. The van der Waals surface area contributed by atoms with Gasteiger partial charge in [-0.1, -0.05) is 49.4 Å². The van der Waals surface area contributed by atoms with E-state index in [4.69, 9.17) is 4.74 Å². The standard InChI is InChI=1S/C26H31N3O4S/c1-5-19-11-14-22(15-12-19)28-34(31,32)25-17-21(13-16-24(25)33-4)26(30)27-23(18-29(2)3)20-9-7-6-8-10-20/h6-17,23,28H,5,18H2,1-4H3,(H,27,30). The van der Waals surface area contributed by atoms with Crippen LogP contribution in [0.4, 0.5) is 5.69 Å². The molecule has 0 spiro atoms. The van der Waals surface area contributed by atoms with Crippen LogP contribution >= 0.6 is 0 Å². The zero-order valence-corrected chi connectivity index (χ0v) is 20.7. The summed E-state index contributed by atoms with van der Waals surface area (Å²) >= 11 is 0. The van der Waals surface area contributed by atoms with Crippen molar-refractivity contribution in [1.29, 1.82) is 0 Å². The molecule has 3 rings (SSSR count). The lowest BCUT2D eigenvalue weighted by atomic mass is 10.1. The van der Waals surface area contributed by atoms with E-state index < -0.39 is 10.0 Å². The smallest absolute Gasteiger partial charge is 0.265 e. The molecule has 0 aliphatic rings. The Morgan fingerprint density at radius 3 is 2.26 bits per heavy atom. The lowest BCUT2D eigenvalue weighted by Crippen LogP contribution is -2.35. The maximum absolute atomic E-state index is 13.2. The van der Waals surface area contributed by atoms with Crippen LogP contribution in [-0.4, -0.2) is 47.0 Å². The number of nitrogens with one attached hydrogen (secondary N) is 2. The zero-order chi connectivity index (χ0) is 24.7. The highest BCUT2D eigenvalue weighted by Crippen LogP contribution is 2.27. The van der Waals surface area contributed by atoms with E-state index in [0.717, 1.165) is 17.5 Å². The Balaban J connectivity index is 1.89. The molecule has 0 bridgehead atoms. The second kappa shape index (κ2) is 11.2. The number of likely N-dealkylation sites (N-methyl/N-ethyl adjacent to an activating group) is 1. The van der Waals surface area contributed by atoms with Gasteiger partial charge in [-0.05, 0) is 62.0 Å². The molecule has 1 unspecified atom stereocenters. The van der Waals surface area contributed by atoms with E-state index in [1.165, 1.54) is 19.2 Å². The third-order valence-corrected chi connectivity index (χ3v) is 6.79. The molecule has 34 heavy (non-hydrogen) atoms. The molecule has 0 saturated carbocycles. The van der Waals surface area contributed by atoms with Crippen molar-refractivity contribution in [3.05, 3.63) is 89.5 Å². The number of anilines is 1. The highest BCUT2D eigenvalue weighted by Gasteiger charge is 2.23. The number of sulfonamides is 1. The van der Waals surface area contributed by atoms with E-state index in [-0.39, 0.29) is 28.2 Å².